The molecule has 0 spiro atoms. The maximum atomic E-state index is 13.2. The number of carbonyl (C=O) groups is 6. The van der Waals surface area contributed by atoms with E-state index >= 15 is 0 Å². The van der Waals surface area contributed by atoms with Crippen LogP contribution in [-0.4, -0.2) is 98.3 Å². The second-order valence-electron chi connectivity index (χ2n) is 8.72. The molecule has 1 aromatic heterocycles. The number of β-lactam (4-membered cyclic amide) rings is 1. The second kappa shape index (κ2) is 15.7. The van der Waals surface area contributed by atoms with Crippen LogP contribution in [0.3, 0.4) is 0 Å². The normalized spacial score (nSPS) is 19.2. The van der Waals surface area contributed by atoms with Crippen molar-refractivity contribution in [3.8, 4) is 0 Å². The Hall–Kier alpha value is -3.91. The number of nitrogens with zero attached hydrogens (tertiary/aromatic N) is 4. The molecule has 44 heavy (non-hydrogen) atoms. The first-order valence-electron chi connectivity index (χ1n) is 13.0. The molecule has 3 unspecified atom stereocenters. The molecule has 2 aliphatic rings. The first kappa shape index (κ1) is 34.6. The van der Waals surface area contributed by atoms with Crippen molar-refractivity contribution < 1.29 is 52.6 Å². The number of oxime groups is 1. The van der Waals surface area contributed by atoms with Gasteiger partial charge in [-0.15, -0.1) is 23.5 Å². The predicted octanol–water partition coefficient (Wildman–Crippen LogP) is 0.500. The van der Waals surface area contributed by atoms with E-state index < -0.39 is 72.0 Å². The number of anilines is 1. The van der Waals surface area contributed by atoms with Crippen LogP contribution < -0.4 is 11.1 Å². The van der Waals surface area contributed by atoms with E-state index in [4.69, 9.17) is 29.5 Å². The topological polar surface area (TPSA) is 228 Å². The monoisotopic (exact) mass is 674 g/mol. The van der Waals surface area contributed by atoms with Crippen LogP contribution in [0.4, 0.5) is 5.13 Å². The van der Waals surface area contributed by atoms with Gasteiger partial charge in [0.2, 0.25) is 30.7 Å². The molecule has 1 saturated heterocycles. The first-order chi connectivity index (χ1) is 20.9. The molecule has 0 aliphatic carbocycles. The van der Waals surface area contributed by atoms with Gasteiger partial charge in [0.05, 0.1) is 0 Å². The summed E-state index contributed by atoms with van der Waals surface area (Å²) in [4.78, 5) is 85.1. The number of rotatable bonds is 14. The summed E-state index contributed by atoms with van der Waals surface area (Å²) in [5.74, 6) is -4.39. The maximum absolute atomic E-state index is 13.2. The van der Waals surface area contributed by atoms with Crippen molar-refractivity contribution in [2.24, 2.45) is 5.16 Å². The van der Waals surface area contributed by atoms with Gasteiger partial charge in [0, 0.05) is 48.9 Å². The van der Waals surface area contributed by atoms with Crippen molar-refractivity contribution >= 4 is 81.6 Å². The molecule has 2 aliphatic heterocycles. The maximum Gasteiger partial charge on any atom is 0.359 e. The number of nitrogen functional groups attached to an aromatic ring is 1. The average Bonchev–Trinajstić information content (AvgIpc) is 3.41. The van der Waals surface area contributed by atoms with Crippen LogP contribution in [0.25, 0.3) is 0 Å². The van der Waals surface area contributed by atoms with Crippen LogP contribution >= 0.6 is 35.1 Å². The average molecular weight is 675 g/mol. The molecule has 1 fully saturated rings. The SMILES string of the molecule is CCC(=O)OC(C)OC(=O)CO/N=C(/C(=O)NC1C(=O)N2C(C(=O)OC(C)OC(=O)CC)=C(SC)CS[C@H]12)c1nsc(N)n1. The highest BCUT2D eigenvalue weighted by Gasteiger charge is 2.55. The van der Waals surface area contributed by atoms with Gasteiger partial charge in [0.1, 0.15) is 17.1 Å². The quantitative estimate of drug-likeness (QED) is 0.0900. The molecule has 3 heterocycles. The van der Waals surface area contributed by atoms with Crippen LogP contribution in [0, 0.1) is 0 Å². The summed E-state index contributed by atoms with van der Waals surface area (Å²) in [6.45, 7) is 5.11. The van der Waals surface area contributed by atoms with E-state index in [1.54, 1.807) is 20.1 Å². The zero-order valence-corrected chi connectivity index (χ0v) is 26.7. The number of fused-ring (bicyclic) bond motifs is 1. The third-order valence-corrected chi connectivity index (χ3v) is 8.44. The van der Waals surface area contributed by atoms with Gasteiger partial charge in [-0.05, 0) is 6.26 Å². The number of hydrogen-bond acceptors (Lipinski definition) is 18. The van der Waals surface area contributed by atoms with Crippen LogP contribution in [0.2, 0.25) is 0 Å². The van der Waals surface area contributed by atoms with E-state index in [9.17, 15) is 28.8 Å². The molecule has 4 atom stereocenters. The molecule has 17 nitrogen and oxygen atoms in total. The molecule has 1 aromatic rings. The number of aromatic nitrogens is 2. The molecule has 3 N–H and O–H groups in total. The van der Waals surface area contributed by atoms with E-state index in [0.29, 0.717) is 10.7 Å². The molecule has 20 heteroatoms. The highest BCUT2D eigenvalue weighted by atomic mass is 32.2. The van der Waals surface area contributed by atoms with Gasteiger partial charge in [-0.3, -0.25) is 24.1 Å². The molecule has 0 aromatic carbocycles. The zero-order chi connectivity index (χ0) is 32.6. The number of nitrogens with two attached hydrogens (primary N) is 1. The minimum Gasteiger partial charge on any atom is -0.425 e. The summed E-state index contributed by atoms with van der Waals surface area (Å²) in [5, 5.41) is 5.53. The summed E-state index contributed by atoms with van der Waals surface area (Å²) in [6.07, 6.45) is -0.458. The molecular weight excluding hydrogens is 644 g/mol. The van der Waals surface area contributed by atoms with Crippen LogP contribution in [-0.2, 0) is 52.6 Å². The van der Waals surface area contributed by atoms with Crippen molar-refractivity contribution in [2.45, 2.75) is 64.5 Å². The van der Waals surface area contributed by atoms with Crippen molar-refractivity contribution in [1.29, 1.82) is 0 Å². The highest BCUT2D eigenvalue weighted by Crippen LogP contribution is 2.43. The molecule has 0 radical (unpaired) electrons. The van der Waals surface area contributed by atoms with Crippen molar-refractivity contribution in [1.82, 2.24) is 19.6 Å². The number of amides is 2. The fourth-order valence-corrected chi connectivity index (χ4v) is 6.30. The number of hydrogen-bond donors (Lipinski definition) is 2. The highest BCUT2D eigenvalue weighted by molar-refractivity contribution is 8.05. The second-order valence-corrected chi connectivity index (χ2v) is 11.5. The Labute approximate surface area is 263 Å². The minimum atomic E-state index is -1.19. The molecule has 2 amide bonds. The standard InChI is InChI=1S/C24H30N6O11S3/c1-6-13(31)38-10(3)40-15(33)8-37-28-16(19-27-24(25)44-29-19)20(34)26-17-21(35)30-18(12(42-5)9-43-22(17)30)23(36)41-11(4)39-14(32)7-2/h10-11,17,22H,6-9H2,1-5H3,(H,26,34)(H2,25,27,29)/b28-16+/t10?,11?,17?,22-/m1/s1. The van der Waals surface area contributed by atoms with Gasteiger partial charge in [-0.1, -0.05) is 19.0 Å². The lowest BCUT2D eigenvalue weighted by atomic mass is 10.0. The predicted molar refractivity (Wildman–Crippen MR) is 156 cm³/mol. The van der Waals surface area contributed by atoms with Gasteiger partial charge < -0.3 is 34.8 Å². The van der Waals surface area contributed by atoms with E-state index in [0.717, 1.165) is 11.5 Å². The van der Waals surface area contributed by atoms with E-state index in [2.05, 4.69) is 19.8 Å². The number of nitrogens with one attached hydrogen (secondary N) is 1. The first-order valence-corrected chi connectivity index (χ1v) is 16.1. The van der Waals surface area contributed by atoms with Crippen molar-refractivity contribution in [2.75, 3.05) is 24.3 Å². The fourth-order valence-electron chi connectivity index (χ4n) is 3.62. The lowest BCUT2D eigenvalue weighted by Gasteiger charge is -2.49. The minimum absolute atomic E-state index is 0.0111. The largest absolute Gasteiger partial charge is 0.425 e. The Morgan fingerprint density at radius 2 is 1.68 bits per heavy atom. The lowest BCUT2D eigenvalue weighted by molar-refractivity contribution is -0.187. The summed E-state index contributed by atoms with van der Waals surface area (Å²) in [5.41, 5.74) is 5.14. The van der Waals surface area contributed by atoms with Crippen LogP contribution in [0.15, 0.2) is 15.8 Å². The summed E-state index contributed by atoms with van der Waals surface area (Å²) in [7, 11) is 0. The third-order valence-electron chi connectivity index (χ3n) is 5.61. The van der Waals surface area contributed by atoms with Crippen molar-refractivity contribution in [3.63, 3.8) is 0 Å². The summed E-state index contributed by atoms with van der Waals surface area (Å²) >= 11 is 3.32. The van der Waals surface area contributed by atoms with Gasteiger partial charge in [0.25, 0.3) is 11.8 Å². The number of esters is 4. The summed E-state index contributed by atoms with van der Waals surface area (Å²) < 4.78 is 23.9. The van der Waals surface area contributed by atoms with Gasteiger partial charge in [-0.25, -0.2) is 9.59 Å². The van der Waals surface area contributed by atoms with Crippen LogP contribution in [0.5, 0.6) is 0 Å². The Kier molecular flexibility index (Phi) is 12.3. The van der Waals surface area contributed by atoms with E-state index in [-0.39, 0.29) is 29.5 Å². The molecular formula is C24H30N6O11S3. The number of carbonyl (C=O) groups excluding carboxylic acids is 6. The third kappa shape index (κ3) is 8.59. The number of ether oxygens (including phenoxy) is 4. The van der Waals surface area contributed by atoms with E-state index in [1.165, 1.54) is 42.3 Å². The van der Waals surface area contributed by atoms with E-state index in [1.807, 2.05) is 0 Å². The Morgan fingerprint density at radius 3 is 2.25 bits per heavy atom. The van der Waals surface area contributed by atoms with Crippen LogP contribution in [0.1, 0.15) is 46.4 Å². The zero-order valence-electron chi connectivity index (χ0n) is 24.2. The Bertz CT molecular complexity index is 1370. The Morgan fingerprint density at radius 1 is 1.07 bits per heavy atom. The Balaban J connectivity index is 1.70. The summed E-state index contributed by atoms with van der Waals surface area (Å²) in [6, 6.07) is -1.09. The van der Waals surface area contributed by atoms with Gasteiger partial charge in [-0.2, -0.15) is 9.36 Å². The van der Waals surface area contributed by atoms with Crippen molar-refractivity contribution in [3.05, 3.63) is 16.4 Å². The molecule has 240 valence electrons. The smallest absolute Gasteiger partial charge is 0.359 e. The van der Waals surface area contributed by atoms with Gasteiger partial charge in [0.15, 0.2) is 5.13 Å². The molecule has 0 bridgehead atoms. The molecule has 3 rings (SSSR count). The van der Waals surface area contributed by atoms with Gasteiger partial charge >= 0.3 is 23.9 Å². The lowest BCUT2D eigenvalue weighted by Crippen LogP contribution is -2.71. The number of thioether (sulfide) groups is 2. The fraction of sp³-hybridized carbons (Fsp3) is 0.542. The molecule has 0 saturated carbocycles.